The average Bonchev–Trinajstić information content (AvgIpc) is 3.03. The van der Waals surface area contributed by atoms with Gasteiger partial charge in [-0.3, -0.25) is 4.99 Å². The minimum absolute atomic E-state index is 0. The Morgan fingerprint density at radius 2 is 1.79 bits per heavy atom. The molecule has 0 saturated heterocycles. The first-order valence-corrected chi connectivity index (χ1v) is 9.71. The lowest BCUT2D eigenvalue weighted by molar-refractivity contribution is 0.624. The Hall–Kier alpha value is -2.29. The number of aliphatic imine (C=N–C) groups is 1. The molecule has 0 saturated carbocycles. The van der Waals surface area contributed by atoms with Crippen LogP contribution in [0.15, 0.2) is 53.5 Å². The Labute approximate surface area is 190 Å². The molecular formula is C22H31IN6. The van der Waals surface area contributed by atoms with Crippen molar-refractivity contribution in [3.8, 4) is 0 Å². The SMILES string of the molecule is CN=C(NCCCn1c(C)nc2ccccc21)NCc1ccc(N(C)C)cc1.I. The van der Waals surface area contributed by atoms with Crippen LogP contribution in [-0.2, 0) is 13.1 Å². The first kappa shape index (κ1) is 23.0. The molecule has 2 aromatic carbocycles. The molecule has 0 fully saturated rings. The van der Waals surface area contributed by atoms with E-state index in [1.165, 1.54) is 16.8 Å². The van der Waals surface area contributed by atoms with Crippen LogP contribution in [-0.4, -0.2) is 43.2 Å². The van der Waals surface area contributed by atoms with Gasteiger partial charge in [-0.25, -0.2) is 4.98 Å². The number of halogens is 1. The van der Waals surface area contributed by atoms with Crippen molar-refractivity contribution in [3.63, 3.8) is 0 Å². The van der Waals surface area contributed by atoms with Crippen molar-refractivity contribution in [3.05, 3.63) is 59.9 Å². The monoisotopic (exact) mass is 506 g/mol. The van der Waals surface area contributed by atoms with E-state index in [1.54, 1.807) is 7.05 Å². The van der Waals surface area contributed by atoms with Crippen molar-refractivity contribution >= 4 is 46.7 Å². The highest BCUT2D eigenvalue weighted by molar-refractivity contribution is 14.0. The van der Waals surface area contributed by atoms with Gasteiger partial charge in [0, 0.05) is 46.5 Å². The summed E-state index contributed by atoms with van der Waals surface area (Å²) in [7, 11) is 5.90. The van der Waals surface area contributed by atoms with Gasteiger partial charge in [-0.05, 0) is 43.2 Å². The summed E-state index contributed by atoms with van der Waals surface area (Å²) >= 11 is 0. The van der Waals surface area contributed by atoms with E-state index in [2.05, 4.69) is 79.5 Å². The zero-order chi connectivity index (χ0) is 19.9. The second kappa shape index (κ2) is 11.0. The van der Waals surface area contributed by atoms with Gasteiger partial charge in [0.15, 0.2) is 5.96 Å². The van der Waals surface area contributed by atoms with Crippen LogP contribution in [0.5, 0.6) is 0 Å². The van der Waals surface area contributed by atoms with Crippen molar-refractivity contribution in [1.82, 2.24) is 20.2 Å². The van der Waals surface area contributed by atoms with Gasteiger partial charge in [-0.15, -0.1) is 24.0 Å². The zero-order valence-electron chi connectivity index (χ0n) is 17.6. The summed E-state index contributed by atoms with van der Waals surface area (Å²) in [5.74, 6) is 1.88. The maximum atomic E-state index is 4.63. The molecule has 156 valence electrons. The number of nitrogens with zero attached hydrogens (tertiary/aromatic N) is 4. The molecule has 0 aliphatic heterocycles. The number of aromatic nitrogens is 2. The van der Waals surface area contributed by atoms with Crippen LogP contribution < -0.4 is 15.5 Å². The van der Waals surface area contributed by atoms with Gasteiger partial charge in [0.1, 0.15) is 5.82 Å². The Kier molecular flexibility index (Phi) is 8.75. The fourth-order valence-corrected chi connectivity index (χ4v) is 3.24. The molecule has 0 aliphatic carbocycles. The second-order valence-electron chi connectivity index (χ2n) is 7.07. The summed E-state index contributed by atoms with van der Waals surface area (Å²) in [6, 6.07) is 16.8. The molecular weight excluding hydrogens is 475 g/mol. The highest BCUT2D eigenvalue weighted by atomic mass is 127. The third-order valence-electron chi connectivity index (χ3n) is 4.83. The largest absolute Gasteiger partial charge is 0.378 e. The Bertz CT molecular complexity index is 930. The van der Waals surface area contributed by atoms with Crippen LogP contribution >= 0.6 is 24.0 Å². The van der Waals surface area contributed by atoms with Crippen LogP contribution in [0, 0.1) is 6.92 Å². The van der Waals surface area contributed by atoms with E-state index >= 15 is 0 Å². The van der Waals surface area contributed by atoms with E-state index in [0.717, 1.165) is 43.4 Å². The number of hydrogen-bond acceptors (Lipinski definition) is 3. The lowest BCUT2D eigenvalue weighted by atomic mass is 10.2. The normalized spacial score (nSPS) is 11.2. The molecule has 3 aromatic rings. The molecule has 6 nitrogen and oxygen atoms in total. The predicted molar refractivity (Wildman–Crippen MR) is 133 cm³/mol. The third-order valence-corrected chi connectivity index (χ3v) is 4.83. The van der Waals surface area contributed by atoms with Gasteiger partial charge in [-0.1, -0.05) is 24.3 Å². The quantitative estimate of drug-likeness (QED) is 0.222. The molecule has 0 spiro atoms. The van der Waals surface area contributed by atoms with Gasteiger partial charge in [-0.2, -0.15) is 0 Å². The second-order valence-corrected chi connectivity index (χ2v) is 7.07. The number of aryl methyl sites for hydroxylation is 2. The van der Waals surface area contributed by atoms with E-state index < -0.39 is 0 Å². The molecule has 0 amide bonds. The summed E-state index contributed by atoms with van der Waals surface area (Å²) in [4.78, 5) is 11.0. The number of rotatable bonds is 7. The zero-order valence-corrected chi connectivity index (χ0v) is 20.0. The van der Waals surface area contributed by atoms with Gasteiger partial charge >= 0.3 is 0 Å². The van der Waals surface area contributed by atoms with E-state index in [-0.39, 0.29) is 24.0 Å². The molecule has 0 bridgehead atoms. The highest BCUT2D eigenvalue weighted by Crippen LogP contribution is 2.15. The van der Waals surface area contributed by atoms with E-state index in [9.17, 15) is 0 Å². The van der Waals surface area contributed by atoms with Crippen molar-refractivity contribution in [2.75, 3.05) is 32.6 Å². The number of fused-ring (bicyclic) bond motifs is 1. The van der Waals surface area contributed by atoms with Crippen LogP contribution in [0.1, 0.15) is 17.8 Å². The fraction of sp³-hybridized carbons (Fsp3) is 0.364. The number of hydrogen-bond donors (Lipinski definition) is 2. The molecule has 0 aliphatic rings. The summed E-state index contributed by atoms with van der Waals surface area (Å²) in [6.07, 6.45) is 0.999. The summed E-state index contributed by atoms with van der Waals surface area (Å²) in [5.41, 5.74) is 4.69. The molecule has 2 N–H and O–H groups in total. The van der Waals surface area contributed by atoms with Crippen molar-refractivity contribution in [2.45, 2.75) is 26.4 Å². The van der Waals surface area contributed by atoms with E-state index in [4.69, 9.17) is 0 Å². The number of para-hydroxylation sites is 2. The molecule has 0 radical (unpaired) electrons. The van der Waals surface area contributed by atoms with Gasteiger partial charge < -0.3 is 20.1 Å². The third kappa shape index (κ3) is 6.09. The molecule has 3 rings (SSSR count). The first-order chi connectivity index (χ1) is 13.6. The molecule has 29 heavy (non-hydrogen) atoms. The minimum Gasteiger partial charge on any atom is -0.378 e. The molecule has 1 heterocycles. The van der Waals surface area contributed by atoms with Crippen LogP contribution in [0.4, 0.5) is 5.69 Å². The molecule has 0 unspecified atom stereocenters. The van der Waals surface area contributed by atoms with Crippen LogP contribution in [0.3, 0.4) is 0 Å². The van der Waals surface area contributed by atoms with Crippen molar-refractivity contribution < 1.29 is 0 Å². The summed E-state index contributed by atoms with van der Waals surface area (Å²) in [6.45, 7) is 4.60. The lowest BCUT2D eigenvalue weighted by Crippen LogP contribution is -2.37. The maximum Gasteiger partial charge on any atom is 0.191 e. The average molecular weight is 506 g/mol. The summed E-state index contributed by atoms with van der Waals surface area (Å²) in [5, 5.41) is 6.77. The van der Waals surface area contributed by atoms with Gasteiger partial charge in [0.2, 0.25) is 0 Å². The van der Waals surface area contributed by atoms with E-state index in [1.807, 2.05) is 20.2 Å². The highest BCUT2D eigenvalue weighted by Gasteiger charge is 2.06. The molecule has 7 heteroatoms. The Morgan fingerprint density at radius 1 is 1.07 bits per heavy atom. The smallest absolute Gasteiger partial charge is 0.191 e. The minimum atomic E-state index is 0. The number of anilines is 1. The maximum absolute atomic E-state index is 4.63. The number of benzene rings is 2. The Balaban J connectivity index is 0.00000300. The van der Waals surface area contributed by atoms with E-state index in [0.29, 0.717) is 0 Å². The molecule has 0 atom stereocenters. The summed E-state index contributed by atoms with van der Waals surface area (Å²) < 4.78 is 2.28. The number of imidazole rings is 1. The van der Waals surface area contributed by atoms with Gasteiger partial charge in [0.25, 0.3) is 0 Å². The predicted octanol–water partition coefficient (Wildman–Crippen LogP) is 3.78. The van der Waals surface area contributed by atoms with Crippen molar-refractivity contribution in [1.29, 1.82) is 0 Å². The fourth-order valence-electron chi connectivity index (χ4n) is 3.24. The number of guanidine groups is 1. The standard InChI is InChI=1S/C22H30N6.HI/c1-17-26-20-8-5-6-9-21(20)28(17)15-7-14-24-22(23-2)25-16-18-10-12-19(13-11-18)27(3)4;/h5-6,8-13H,7,14-16H2,1-4H3,(H2,23,24,25);1H. The van der Waals surface area contributed by atoms with Gasteiger partial charge in [0.05, 0.1) is 11.0 Å². The van der Waals surface area contributed by atoms with Crippen molar-refractivity contribution in [2.24, 2.45) is 4.99 Å². The Morgan fingerprint density at radius 3 is 2.48 bits per heavy atom. The molecule has 1 aromatic heterocycles. The number of nitrogens with one attached hydrogen (secondary N) is 2. The van der Waals surface area contributed by atoms with Crippen LogP contribution in [0.2, 0.25) is 0 Å². The first-order valence-electron chi connectivity index (χ1n) is 9.71. The topological polar surface area (TPSA) is 57.5 Å². The van der Waals surface area contributed by atoms with Crippen LogP contribution in [0.25, 0.3) is 11.0 Å². The lowest BCUT2D eigenvalue weighted by Gasteiger charge is -2.14.